The minimum absolute atomic E-state index is 0.0738. The number of benzene rings is 2. The van der Waals surface area contributed by atoms with Crippen LogP contribution in [0.1, 0.15) is 50.4 Å². The van der Waals surface area contributed by atoms with Gasteiger partial charge in [-0.05, 0) is 30.2 Å². The SMILES string of the molecule is COc1c(C(O)CN2CCN3CC(c4ccc5c(c4C)COC5=O)OCC3C2)ccc(C#N)c1F. The predicted molar refractivity (Wildman–Crippen MR) is 123 cm³/mol. The maximum atomic E-state index is 14.5. The molecule has 5 rings (SSSR count). The van der Waals surface area contributed by atoms with Crippen LogP contribution in [0.25, 0.3) is 0 Å². The number of halogens is 1. The molecule has 2 aromatic rings. The fraction of sp³-hybridized carbons (Fsp3) is 0.462. The first-order chi connectivity index (χ1) is 16.9. The quantitative estimate of drug-likeness (QED) is 0.651. The molecular formula is C26H28FN3O5. The molecule has 0 radical (unpaired) electrons. The van der Waals surface area contributed by atoms with Crippen LogP contribution < -0.4 is 4.74 Å². The number of rotatable bonds is 5. The fourth-order valence-electron chi connectivity index (χ4n) is 5.39. The van der Waals surface area contributed by atoms with E-state index in [1.807, 2.05) is 19.1 Å². The summed E-state index contributed by atoms with van der Waals surface area (Å²) in [5.41, 5.74) is 3.96. The highest BCUT2D eigenvalue weighted by Crippen LogP contribution is 2.35. The van der Waals surface area contributed by atoms with Crippen molar-refractivity contribution in [3.8, 4) is 11.8 Å². The Morgan fingerprint density at radius 2 is 2.11 bits per heavy atom. The Morgan fingerprint density at radius 3 is 2.89 bits per heavy atom. The highest BCUT2D eigenvalue weighted by atomic mass is 19.1. The van der Waals surface area contributed by atoms with E-state index in [9.17, 15) is 14.3 Å². The lowest BCUT2D eigenvalue weighted by Crippen LogP contribution is -2.58. The topological polar surface area (TPSA) is 95.3 Å². The summed E-state index contributed by atoms with van der Waals surface area (Å²) in [5, 5.41) is 19.9. The molecule has 35 heavy (non-hydrogen) atoms. The molecule has 0 spiro atoms. The first-order valence-corrected chi connectivity index (χ1v) is 11.7. The number of hydrogen-bond acceptors (Lipinski definition) is 8. The van der Waals surface area contributed by atoms with Crippen LogP contribution in [0.3, 0.4) is 0 Å². The Hall–Kier alpha value is -3.03. The van der Waals surface area contributed by atoms with Crippen LogP contribution >= 0.6 is 0 Å². The van der Waals surface area contributed by atoms with Gasteiger partial charge in [-0.1, -0.05) is 12.1 Å². The van der Waals surface area contributed by atoms with E-state index >= 15 is 0 Å². The van der Waals surface area contributed by atoms with E-state index in [1.165, 1.54) is 13.2 Å². The van der Waals surface area contributed by atoms with Crippen molar-refractivity contribution in [2.24, 2.45) is 0 Å². The lowest BCUT2D eigenvalue weighted by atomic mass is 9.94. The Morgan fingerprint density at radius 1 is 1.29 bits per heavy atom. The van der Waals surface area contributed by atoms with Crippen molar-refractivity contribution in [2.45, 2.75) is 31.8 Å². The van der Waals surface area contributed by atoms with Crippen LogP contribution in [-0.4, -0.2) is 73.4 Å². The number of esters is 1. The summed E-state index contributed by atoms with van der Waals surface area (Å²) in [7, 11) is 1.33. The average molecular weight is 482 g/mol. The summed E-state index contributed by atoms with van der Waals surface area (Å²) in [6.45, 7) is 6.27. The van der Waals surface area contributed by atoms with E-state index < -0.39 is 11.9 Å². The molecule has 0 amide bonds. The number of fused-ring (bicyclic) bond motifs is 2. The van der Waals surface area contributed by atoms with Gasteiger partial charge in [0.25, 0.3) is 0 Å². The third-order valence-electron chi connectivity index (χ3n) is 7.38. The monoisotopic (exact) mass is 481 g/mol. The molecule has 3 unspecified atom stereocenters. The summed E-state index contributed by atoms with van der Waals surface area (Å²) in [6.07, 6.45) is -1.02. The molecule has 3 aliphatic rings. The number of piperazine rings is 1. The number of methoxy groups -OCH3 is 1. The number of cyclic esters (lactones) is 1. The summed E-state index contributed by atoms with van der Waals surface area (Å²) in [6, 6.07) is 8.71. The summed E-state index contributed by atoms with van der Waals surface area (Å²) < 4.78 is 31.1. The number of nitrogens with zero attached hydrogens (tertiary/aromatic N) is 3. The molecule has 3 atom stereocenters. The maximum Gasteiger partial charge on any atom is 0.338 e. The molecule has 0 aliphatic carbocycles. The van der Waals surface area contributed by atoms with Gasteiger partial charge >= 0.3 is 5.97 Å². The normalized spacial score (nSPS) is 23.2. The van der Waals surface area contributed by atoms with Gasteiger partial charge in [-0.2, -0.15) is 5.26 Å². The van der Waals surface area contributed by atoms with Crippen molar-refractivity contribution in [3.63, 3.8) is 0 Å². The van der Waals surface area contributed by atoms with Crippen molar-refractivity contribution in [1.82, 2.24) is 9.80 Å². The molecule has 3 heterocycles. The zero-order chi connectivity index (χ0) is 24.7. The van der Waals surface area contributed by atoms with Gasteiger partial charge in [-0.3, -0.25) is 9.80 Å². The number of aliphatic hydroxyl groups is 1. The molecule has 9 heteroatoms. The smallest absolute Gasteiger partial charge is 0.338 e. The van der Waals surface area contributed by atoms with E-state index in [4.69, 9.17) is 19.5 Å². The lowest BCUT2D eigenvalue weighted by molar-refractivity contribution is -0.0939. The van der Waals surface area contributed by atoms with E-state index in [-0.39, 0.29) is 29.4 Å². The molecule has 2 fully saturated rings. The van der Waals surface area contributed by atoms with Gasteiger partial charge < -0.3 is 19.3 Å². The maximum absolute atomic E-state index is 14.5. The lowest BCUT2D eigenvalue weighted by Gasteiger charge is -2.46. The number of carbonyl (C=O) groups is 1. The van der Waals surface area contributed by atoms with Gasteiger partial charge in [-0.15, -0.1) is 0 Å². The molecule has 184 valence electrons. The molecule has 0 aromatic heterocycles. The molecule has 1 N–H and O–H groups in total. The largest absolute Gasteiger partial charge is 0.493 e. The Labute approximate surface area is 203 Å². The van der Waals surface area contributed by atoms with Gasteiger partial charge in [-0.25, -0.2) is 9.18 Å². The number of nitriles is 1. The first kappa shape index (κ1) is 23.7. The van der Waals surface area contributed by atoms with E-state index in [1.54, 1.807) is 12.1 Å². The molecule has 2 saturated heterocycles. The average Bonchev–Trinajstić information content (AvgIpc) is 3.25. The van der Waals surface area contributed by atoms with Crippen LogP contribution in [0.2, 0.25) is 0 Å². The van der Waals surface area contributed by atoms with Crippen LogP contribution in [-0.2, 0) is 16.1 Å². The third-order valence-corrected chi connectivity index (χ3v) is 7.38. The minimum atomic E-state index is -0.949. The Balaban J connectivity index is 1.23. The van der Waals surface area contributed by atoms with Crippen LogP contribution in [0.4, 0.5) is 4.39 Å². The summed E-state index contributed by atoms with van der Waals surface area (Å²) >= 11 is 0. The van der Waals surface area contributed by atoms with Crippen LogP contribution in [0.15, 0.2) is 24.3 Å². The van der Waals surface area contributed by atoms with E-state index in [0.29, 0.717) is 30.9 Å². The van der Waals surface area contributed by atoms with Crippen molar-refractivity contribution in [3.05, 3.63) is 63.5 Å². The number of morpholine rings is 1. The third kappa shape index (κ3) is 4.28. The van der Waals surface area contributed by atoms with Crippen molar-refractivity contribution in [1.29, 1.82) is 5.26 Å². The minimum Gasteiger partial charge on any atom is -0.493 e. The molecular weight excluding hydrogens is 453 g/mol. The Kier molecular flexibility index (Phi) is 6.47. The van der Waals surface area contributed by atoms with Gasteiger partial charge in [0, 0.05) is 49.9 Å². The van der Waals surface area contributed by atoms with Crippen LogP contribution in [0.5, 0.6) is 5.75 Å². The van der Waals surface area contributed by atoms with E-state index in [2.05, 4.69) is 9.80 Å². The van der Waals surface area contributed by atoms with Crippen molar-refractivity contribution in [2.75, 3.05) is 46.4 Å². The first-order valence-electron chi connectivity index (χ1n) is 11.7. The number of ether oxygens (including phenoxy) is 3. The highest BCUT2D eigenvalue weighted by molar-refractivity contribution is 5.93. The second-order valence-electron chi connectivity index (χ2n) is 9.29. The number of hydrogen-bond donors (Lipinski definition) is 1. The number of carbonyl (C=O) groups excluding carboxylic acids is 1. The number of β-amino-alcohol motifs (C(OH)–C–C–N with tert-alkyl or cyclic N) is 1. The highest BCUT2D eigenvalue weighted by Gasteiger charge is 2.36. The zero-order valence-corrected chi connectivity index (χ0v) is 19.8. The molecule has 3 aliphatic heterocycles. The molecule has 2 aromatic carbocycles. The second-order valence-corrected chi connectivity index (χ2v) is 9.29. The predicted octanol–water partition coefficient (Wildman–Crippen LogP) is 2.48. The second kappa shape index (κ2) is 9.55. The zero-order valence-electron chi connectivity index (χ0n) is 19.8. The van der Waals surface area contributed by atoms with Gasteiger partial charge in [0.2, 0.25) is 0 Å². The molecule has 0 saturated carbocycles. The Bertz CT molecular complexity index is 1200. The summed E-state index contributed by atoms with van der Waals surface area (Å²) in [5.74, 6) is -1.10. The number of aliphatic hydroxyl groups excluding tert-OH is 1. The van der Waals surface area contributed by atoms with Crippen molar-refractivity contribution >= 4 is 5.97 Å². The standard InChI is InChI=1S/C26H28FN3O5/c1-15-18(5-6-19-21(15)14-35-26(19)32)23-12-30-8-7-29(10-17(30)13-34-23)11-22(31)20-4-3-16(9-28)24(27)25(20)33-2/h3-6,17,22-23,31H,7-8,10-14H2,1-2H3. The van der Waals surface area contributed by atoms with Gasteiger partial charge in [0.1, 0.15) is 12.7 Å². The van der Waals surface area contributed by atoms with Gasteiger partial charge in [0.05, 0.1) is 37.1 Å². The van der Waals surface area contributed by atoms with Crippen LogP contribution in [0, 0.1) is 24.1 Å². The summed E-state index contributed by atoms with van der Waals surface area (Å²) in [4.78, 5) is 16.4. The van der Waals surface area contributed by atoms with Crippen molar-refractivity contribution < 1.29 is 28.5 Å². The fourth-order valence-corrected chi connectivity index (χ4v) is 5.39. The molecule has 8 nitrogen and oxygen atoms in total. The van der Waals surface area contributed by atoms with Gasteiger partial charge in [0.15, 0.2) is 11.6 Å². The molecule has 0 bridgehead atoms. The van der Waals surface area contributed by atoms with E-state index in [0.717, 1.165) is 42.9 Å².